The number of carbonyl (C=O) groups excluding carboxylic acids is 1. The number of aromatic nitrogens is 2. The van der Waals surface area contributed by atoms with E-state index in [0.29, 0.717) is 12.4 Å². The Kier molecular flexibility index (Phi) is 4.41. The Morgan fingerprint density at radius 3 is 3.04 bits per heavy atom. The Morgan fingerprint density at radius 2 is 2.22 bits per heavy atom. The van der Waals surface area contributed by atoms with Gasteiger partial charge in [-0.1, -0.05) is 18.2 Å². The first-order valence-corrected chi connectivity index (χ1v) is 7.73. The number of esters is 1. The fourth-order valence-corrected chi connectivity index (χ4v) is 2.85. The number of anilines is 2. The zero-order valence-electron chi connectivity index (χ0n) is 13.3. The van der Waals surface area contributed by atoms with Gasteiger partial charge in [-0.15, -0.1) is 0 Å². The van der Waals surface area contributed by atoms with Gasteiger partial charge >= 0.3 is 5.97 Å². The first-order valence-electron chi connectivity index (χ1n) is 7.73. The lowest BCUT2D eigenvalue weighted by Gasteiger charge is -2.34. The topological polar surface area (TPSA) is 67.3 Å². The van der Waals surface area contributed by atoms with Crippen LogP contribution in [0.15, 0.2) is 36.5 Å². The van der Waals surface area contributed by atoms with Crippen molar-refractivity contribution in [3.63, 3.8) is 0 Å². The van der Waals surface area contributed by atoms with Crippen molar-refractivity contribution < 1.29 is 9.53 Å². The number of para-hydroxylation sites is 1. The minimum atomic E-state index is -0.498. The van der Waals surface area contributed by atoms with E-state index in [4.69, 9.17) is 4.74 Å². The molecular weight excluding hydrogens is 292 g/mol. The van der Waals surface area contributed by atoms with Gasteiger partial charge in [0.05, 0.1) is 6.61 Å². The van der Waals surface area contributed by atoms with E-state index in [-0.39, 0.29) is 11.9 Å². The highest BCUT2D eigenvalue weighted by atomic mass is 16.5. The average molecular weight is 312 g/mol. The average Bonchev–Trinajstić information content (AvgIpc) is 2.55. The molecule has 0 spiro atoms. The molecule has 0 amide bonds. The molecule has 0 saturated carbocycles. The number of fused-ring (bicyclic) bond motifs is 1. The molecule has 0 radical (unpaired) electrons. The molecule has 2 aromatic rings. The highest BCUT2D eigenvalue weighted by molar-refractivity contribution is 5.85. The maximum Gasteiger partial charge on any atom is 0.376 e. The standard InChI is InChI=1S/C17H20N4O2/c1-3-23-17(22)16-18-9-8-15(20-16)19-13-10-12-6-4-5-7-14(12)21(2)11-13/h4-9,13H,3,10-11H2,1-2H3,(H,18,19,20). The number of carbonyl (C=O) groups is 1. The molecule has 2 heterocycles. The van der Waals surface area contributed by atoms with Crippen LogP contribution in [0.5, 0.6) is 0 Å². The third-order valence-electron chi connectivity index (χ3n) is 3.83. The van der Waals surface area contributed by atoms with Crippen LogP contribution in [0.25, 0.3) is 0 Å². The number of hydrogen-bond acceptors (Lipinski definition) is 6. The van der Waals surface area contributed by atoms with E-state index in [1.165, 1.54) is 11.3 Å². The van der Waals surface area contributed by atoms with Gasteiger partial charge in [0.15, 0.2) is 0 Å². The van der Waals surface area contributed by atoms with Crippen molar-refractivity contribution >= 4 is 17.5 Å². The summed E-state index contributed by atoms with van der Waals surface area (Å²) in [5, 5.41) is 3.39. The van der Waals surface area contributed by atoms with E-state index < -0.39 is 5.97 Å². The largest absolute Gasteiger partial charge is 0.460 e. The van der Waals surface area contributed by atoms with Crippen LogP contribution in [-0.4, -0.2) is 42.2 Å². The summed E-state index contributed by atoms with van der Waals surface area (Å²) < 4.78 is 4.94. The zero-order valence-corrected chi connectivity index (χ0v) is 13.3. The quantitative estimate of drug-likeness (QED) is 0.872. The molecule has 1 aliphatic heterocycles. The molecule has 1 N–H and O–H groups in total. The SMILES string of the molecule is CCOC(=O)c1nccc(NC2Cc3ccccc3N(C)C2)n1. The van der Waals surface area contributed by atoms with Crippen LogP contribution in [0.3, 0.4) is 0 Å². The molecule has 0 aliphatic carbocycles. The van der Waals surface area contributed by atoms with Gasteiger partial charge in [0.25, 0.3) is 0 Å². The van der Waals surface area contributed by atoms with Crippen molar-refractivity contribution in [1.82, 2.24) is 9.97 Å². The number of hydrogen-bond donors (Lipinski definition) is 1. The number of ether oxygens (including phenoxy) is 1. The second-order valence-corrected chi connectivity index (χ2v) is 5.54. The van der Waals surface area contributed by atoms with Crippen molar-refractivity contribution in [2.45, 2.75) is 19.4 Å². The maximum absolute atomic E-state index is 11.7. The summed E-state index contributed by atoms with van der Waals surface area (Å²) in [5.74, 6) is 0.226. The minimum absolute atomic E-state index is 0.0846. The fourth-order valence-electron chi connectivity index (χ4n) is 2.85. The maximum atomic E-state index is 11.7. The summed E-state index contributed by atoms with van der Waals surface area (Å²) in [6.07, 6.45) is 2.49. The monoisotopic (exact) mass is 312 g/mol. The molecule has 0 saturated heterocycles. The predicted molar refractivity (Wildman–Crippen MR) is 88.8 cm³/mol. The van der Waals surface area contributed by atoms with Crippen molar-refractivity contribution in [3.8, 4) is 0 Å². The highest BCUT2D eigenvalue weighted by Gasteiger charge is 2.22. The first-order chi connectivity index (χ1) is 11.2. The molecule has 23 heavy (non-hydrogen) atoms. The summed E-state index contributed by atoms with van der Waals surface area (Å²) in [6.45, 7) is 2.94. The van der Waals surface area contributed by atoms with E-state index in [2.05, 4.69) is 51.5 Å². The molecule has 120 valence electrons. The number of likely N-dealkylation sites (N-methyl/N-ethyl adjacent to an activating group) is 1. The van der Waals surface area contributed by atoms with Gasteiger partial charge in [-0.05, 0) is 31.0 Å². The van der Waals surface area contributed by atoms with Gasteiger partial charge in [-0.2, -0.15) is 0 Å². The Labute approximate surface area is 135 Å². The van der Waals surface area contributed by atoms with Crippen LogP contribution in [-0.2, 0) is 11.2 Å². The second kappa shape index (κ2) is 6.64. The van der Waals surface area contributed by atoms with Gasteiger partial charge < -0.3 is 15.0 Å². The van der Waals surface area contributed by atoms with E-state index in [1.54, 1.807) is 19.2 Å². The molecule has 1 aromatic heterocycles. The smallest absolute Gasteiger partial charge is 0.376 e. The zero-order chi connectivity index (χ0) is 16.2. The van der Waals surface area contributed by atoms with E-state index >= 15 is 0 Å². The minimum Gasteiger partial charge on any atom is -0.460 e. The summed E-state index contributed by atoms with van der Waals surface area (Å²) in [5.41, 5.74) is 2.57. The van der Waals surface area contributed by atoms with Crippen molar-refractivity contribution in [1.29, 1.82) is 0 Å². The Bertz CT molecular complexity index is 704. The number of nitrogens with zero attached hydrogens (tertiary/aromatic N) is 3. The molecule has 3 rings (SSSR count). The number of nitrogens with one attached hydrogen (secondary N) is 1. The van der Waals surface area contributed by atoms with Crippen LogP contribution < -0.4 is 10.2 Å². The fraction of sp³-hybridized carbons (Fsp3) is 0.353. The van der Waals surface area contributed by atoms with Gasteiger partial charge in [0.2, 0.25) is 5.82 Å². The van der Waals surface area contributed by atoms with Gasteiger partial charge in [0.1, 0.15) is 5.82 Å². The van der Waals surface area contributed by atoms with Crippen LogP contribution in [0.2, 0.25) is 0 Å². The Hall–Kier alpha value is -2.63. The van der Waals surface area contributed by atoms with Gasteiger partial charge in [-0.3, -0.25) is 0 Å². The summed E-state index contributed by atoms with van der Waals surface area (Å²) >= 11 is 0. The third-order valence-corrected chi connectivity index (χ3v) is 3.83. The van der Waals surface area contributed by atoms with E-state index in [0.717, 1.165) is 13.0 Å². The molecule has 0 fully saturated rings. The molecule has 6 nitrogen and oxygen atoms in total. The van der Waals surface area contributed by atoms with Crippen LogP contribution >= 0.6 is 0 Å². The number of benzene rings is 1. The van der Waals surface area contributed by atoms with Gasteiger partial charge in [-0.25, -0.2) is 14.8 Å². The molecule has 1 atom stereocenters. The van der Waals surface area contributed by atoms with Gasteiger partial charge in [0, 0.05) is 31.5 Å². The number of rotatable bonds is 4. The predicted octanol–water partition coefficient (Wildman–Crippen LogP) is 2.13. The van der Waals surface area contributed by atoms with E-state index in [1.807, 2.05) is 0 Å². The van der Waals surface area contributed by atoms with E-state index in [9.17, 15) is 4.79 Å². The van der Waals surface area contributed by atoms with Crippen molar-refractivity contribution in [2.24, 2.45) is 0 Å². The molecular formula is C17H20N4O2. The van der Waals surface area contributed by atoms with Crippen LogP contribution in [0, 0.1) is 0 Å². The lowest BCUT2D eigenvalue weighted by molar-refractivity contribution is 0.0512. The van der Waals surface area contributed by atoms with Crippen molar-refractivity contribution in [3.05, 3.63) is 47.9 Å². The Balaban J connectivity index is 1.73. The summed E-state index contributed by atoms with van der Waals surface area (Å²) in [7, 11) is 2.08. The van der Waals surface area contributed by atoms with Crippen molar-refractivity contribution in [2.75, 3.05) is 30.4 Å². The second-order valence-electron chi connectivity index (χ2n) is 5.54. The summed E-state index contributed by atoms with van der Waals surface area (Å²) in [6, 6.07) is 10.4. The van der Waals surface area contributed by atoms with Crippen LogP contribution in [0.4, 0.5) is 11.5 Å². The molecule has 1 unspecified atom stereocenters. The first kappa shape index (κ1) is 15.3. The molecule has 1 aromatic carbocycles. The summed E-state index contributed by atoms with van der Waals surface area (Å²) in [4.78, 5) is 22.2. The normalized spacial score (nSPS) is 16.6. The lowest BCUT2D eigenvalue weighted by Crippen LogP contribution is -2.40. The molecule has 0 bridgehead atoms. The molecule has 1 aliphatic rings. The molecule has 6 heteroatoms. The highest BCUT2D eigenvalue weighted by Crippen LogP contribution is 2.26. The third kappa shape index (κ3) is 3.41. The lowest BCUT2D eigenvalue weighted by atomic mass is 9.98. The Morgan fingerprint density at radius 1 is 1.39 bits per heavy atom. The van der Waals surface area contributed by atoms with Crippen LogP contribution in [0.1, 0.15) is 23.1 Å².